The number of amides is 1. The number of aromatic carboxylic acids is 1. The van der Waals surface area contributed by atoms with Crippen LogP contribution < -0.4 is 5.32 Å². The number of halogens is 1. The quantitative estimate of drug-likeness (QED) is 0.834. The lowest BCUT2D eigenvalue weighted by atomic mass is 10.0. The van der Waals surface area contributed by atoms with Gasteiger partial charge in [0.2, 0.25) is 5.91 Å². The van der Waals surface area contributed by atoms with E-state index in [0.717, 1.165) is 12.8 Å². The molecule has 2 rings (SSSR count). The molecule has 0 heterocycles. The molecule has 0 fully saturated rings. The molecule has 0 saturated carbocycles. The van der Waals surface area contributed by atoms with E-state index in [-0.39, 0.29) is 11.5 Å². The molecule has 0 spiro atoms. The first-order chi connectivity index (χ1) is 9.04. The van der Waals surface area contributed by atoms with Gasteiger partial charge in [-0.1, -0.05) is 28.1 Å². The topological polar surface area (TPSA) is 66.4 Å². The number of benzene rings is 1. The summed E-state index contributed by atoms with van der Waals surface area (Å²) in [7, 11) is 0. The predicted molar refractivity (Wildman–Crippen MR) is 76.2 cm³/mol. The molecule has 1 atom stereocenters. The highest BCUT2D eigenvalue weighted by Gasteiger charge is 2.15. The molecule has 19 heavy (non-hydrogen) atoms. The fourth-order valence-corrected chi connectivity index (χ4v) is 2.59. The number of carboxylic acids is 1. The second-order valence-corrected chi connectivity index (χ2v) is 5.47. The van der Waals surface area contributed by atoms with Crippen molar-refractivity contribution in [2.75, 3.05) is 5.32 Å². The number of carbonyl (C=O) groups is 2. The number of rotatable bonds is 4. The van der Waals surface area contributed by atoms with Crippen LogP contribution in [0.5, 0.6) is 0 Å². The first-order valence-electron chi connectivity index (χ1n) is 6.05. The van der Waals surface area contributed by atoms with Crippen LogP contribution in [0, 0.1) is 5.92 Å². The largest absolute Gasteiger partial charge is 0.478 e. The van der Waals surface area contributed by atoms with Gasteiger partial charge in [0.25, 0.3) is 0 Å². The monoisotopic (exact) mass is 323 g/mol. The Kier molecular flexibility index (Phi) is 4.37. The van der Waals surface area contributed by atoms with Gasteiger partial charge in [0.1, 0.15) is 0 Å². The summed E-state index contributed by atoms with van der Waals surface area (Å²) in [5.74, 6) is -0.812. The predicted octanol–water partition coefficient (Wildman–Crippen LogP) is 3.44. The molecule has 0 bridgehead atoms. The number of nitrogens with one attached hydrogen (secondary N) is 1. The van der Waals surface area contributed by atoms with E-state index in [9.17, 15) is 9.59 Å². The summed E-state index contributed by atoms with van der Waals surface area (Å²) in [4.78, 5) is 22.8. The van der Waals surface area contributed by atoms with E-state index in [1.54, 1.807) is 6.07 Å². The van der Waals surface area contributed by atoms with Gasteiger partial charge in [-0.25, -0.2) is 4.79 Å². The molecular formula is C14H14BrNO3. The fourth-order valence-electron chi connectivity index (χ4n) is 2.10. The van der Waals surface area contributed by atoms with Crippen molar-refractivity contribution in [3.63, 3.8) is 0 Å². The van der Waals surface area contributed by atoms with Crippen molar-refractivity contribution in [2.24, 2.45) is 5.92 Å². The van der Waals surface area contributed by atoms with E-state index < -0.39 is 5.97 Å². The summed E-state index contributed by atoms with van der Waals surface area (Å²) in [5, 5.41) is 11.7. The highest BCUT2D eigenvalue weighted by Crippen LogP contribution is 2.23. The normalized spacial score (nSPS) is 17.4. The molecule has 2 N–H and O–H groups in total. The molecule has 5 heteroatoms. The number of allylic oxidation sites excluding steroid dienone is 2. The van der Waals surface area contributed by atoms with Crippen molar-refractivity contribution in [2.45, 2.75) is 19.3 Å². The van der Waals surface area contributed by atoms with Crippen molar-refractivity contribution in [3.8, 4) is 0 Å². The summed E-state index contributed by atoms with van der Waals surface area (Å²) in [5.41, 5.74) is 0.643. The Balaban J connectivity index is 2.03. The zero-order valence-electron chi connectivity index (χ0n) is 10.2. The second kappa shape index (κ2) is 6.02. The van der Waals surface area contributed by atoms with Crippen LogP contribution in [0.1, 0.15) is 29.6 Å². The zero-order chi connectivity index (χ0) is 13.8. The van der Waals surface area contributed by atoms with Crippen LogP contribution in [0.3, 0.4) is 0 Å². The summed E-state index contributed by atoms with van der Waals surface area (Å²) in [6.45, 7) is 0. The van der Waals surface area contributed by atoms with Gasteiger partial charge in [-0.2, -0.15) is 0 Å². The Morgan fingerprint density at radius 2 is 2.16 bits per heavy atom. The zero-order valence-corrected chi connectivity index (χ0v) is 11.8. The number of hydrogen-bond donors (Lipinski definition) is 2. The lowest BCUT2D eigenvalue weighted by Crippen LogP contribution is -2.15. The average molecular weight is 324 g/mol. The first kappa shape index (κ1) is 13.8. The van der Waals surface area contributed by atoms with Crippen LogP contribution in [0.4, 0.5) is 5.69 Å². The second-order valence-electron chi connectivity index (χ2n) is 4.55. The van der Waals surface area contributed by atoms with Gasteiger partial charge in [0.05, 0.1) is 5.56 Å². The molecule has 0 radical (unpaired) electrons. The number of carbonyl (C=O) groups excluding carboxylic acids is 1. The standard InChI is InChI=1S/C14H14BrNO3/c15-11-6-10(14(18)19)7-12(8-11)16-13(17)5-9-3-1-2-4-9/h1,3,6-9H,2,4-5H2,(H,16,17)(H,18,19). The van der Waals surface area contributed by atoms with E-state index in [0.29, 0.717) is 22.5 Å². The Labute approximate surface area is 119 Å². The molecule has 1 amide bonds. The van der Waals surface area contributed by atoms with Crippen LogP contribution in [-0.2, 0) is 4.79 Å². The summed E-state index contributed by atoms with van der Waals surface area (Å²) in [6, 6.07) is 4.64. The average Bonchev–Trinajstić information content (AvgIpc) is 2.80. The third-order valence-corrected chi connectivity index (χ3v) is 3.45. The van der Waals surface area contributed by atoms with E-state index in [4.69, 9.17) is 5.11 Å². The minimum atomic E-state index is -1.02. The molecule has 1 unspecified atom stereocenters. The number of hydrogen-bond acceptors (Lipinski definition) is 2. The highest BCUT2D eigenvalue weighted by atomic mass is 79.9. The van der Waals surface area contributed by atoms with Gasteiger partial charge in [0.15, 0.2) is 0 Å². The van der Waals surface area contributed by atoms with Crippen molar-refractivity contribution in [1.82, 2.24) is 0 Å². The molecule has 0 saturated heterocycles. The molecule has 1 aromatic rings. The Hall–Kier alpha value is -1.62. The maximum Gasteiger partial charge on any atom is 0.335 e. The van der Waals surface area contributed by atoms with E-state index in [2.05, 4.69) is 33.4 Å². The molecule has 4 nitrogen and oxygen atoms in total. The maximum atomic E-state index is 11.9. The van der Waals surface area contributed by atoms with Crippen molar-refractivity contribution in [3.05, 3.63) is 40.4 Å². The molecule has 0 aliphatic heterocycles. The summed E-state index contributed by atoms with van der Waals surface area (Å²) >= 11 is 3.23. The van der Waals surface area contributed by atoms with Crippen molar-refractivity contribution in [1.29, 1.82) is 0 Å². The third kappa shape index (κ3) is 3.92. The van der Waals surface area contributed by atoms with Gasteiger partial charge in [-0.15, -0.1) is 0 Å². The van der Waals surface area contributed by atoms with Gasteiger partial charge < -0.3 is 10.4 Å². The third-order valence-electron chi connectivity index (χ3n) is 2.99. The Bertz CT molecular complexity index is 539. The fraction of sp³-hybridized carbons (Fsp3) is 0.286. The smallest absolute Gasteiger partial charge is 0.335 e. The lowest BCUT2D eigenvalue weighted by molar-refractivity contribution is -0.116. The van der Waals surface area contributed by atoms with Gasteiger partial charge in [-0.3, -0.25) is 4.79 Å². The van der Waals surface area contributed by atoms with Gasteiger partial charge in [-0.05, 0) is 37.0 Å². The van der Waals surface area contributed by atoms with Crippen LogP contribution in [0.2, 0.25) is 0 Å². The highest BCUT2D eigenvalue weighted by molar-refractivity contribution is 9.10. The number of carboxylic acid groups (broad SMARTS) is 1. The van der Waals surface area contributed by atoms with Crippen LogP contribution in [-0.4, -0.2) is 17.0 Å². The molecule has 1 aliphatic rings. The van der Waals surface area contributed by atoms with Crippen LogP contribution in [0.25, 0.3) is 0 Å². The molecule has 1 aromatic carbocycles. The molecule has 1 aliphatic carbocycles. The van der Waals surface area contributed by atoms with E-state index >= 15 is 0 Å². The van der Waals surface area contributed by atoms with Crippen LogP contribution in [0.15, 0.2) is 34.8 Å². The minimum Gasteiger partial charge on any atom is -0.478 e. The van der Waals surface area contributed by atoms with E-state index in [1.165, 1.54) is 12.1 Å². The number of anilines is 1. The molecule has 100 valence electrons. The van der Waals surface area contributed by atoms with Crippen molar-refractivity contribution >= 4 is 33.5 Å². The summed E-state index contributed by atoms with van der Waals surface area (Å²) in [6.07, 6.45) is 6.61. The van der Waals surface area contributed by atoms with Gasteiger partial charge >= 0.3 is 5.97 Å². The van der Waals surface area contributed by atoms with Crippen LogP contribution >= 0.6 is 15.9 Å². The minimum absolute atomic E-state index is 0.0917. The van der Waals surface area contributed by atoms with Crippen molar-refractivity contribution < 1.29 is 14.7 Å². The SMILES string of the molecule is O=C(CC1C=CCC1)Nc1cc(Br)cc(C(=O)O)c1. The van der Waals surface area contributed by atoms with Gasteiger partial charge in [0, 0.05) is 16.6 Å². The summed E-state index contributed by atoms with van der Waals surface area (Å²) < 4.78 is 0.628. The lowest BCUT2D eigenvalue weighted by Gasteiger charge is -2.09. The first-order valence-corrected chi connectivity index (χ1v) is 6.84. The Morgan fingerprint density at radius 1 is 1.37 bits per heavy atom. The molecule has 0 aromatic heterocycles. The maximum absolute atomic E-state index is 11.9. The van der Waals surface area contributed by atoms with E-state index in [1.807, 2.05) is 0 Å². The molecular weight excluding hydrogens is 310 g/mol. The Morgan fingerprint density at radius 3 is 2.79 bits per heavy atom.